The molecule has 138 valence electrons. The minimum atomic E-state index is -0.265. The Morgan fingerprint density at radius 1 is 1.19 bits per heavy atom. The lowest BCUT2D eigenvalue weighted by atomic mass is 10.1. The Kier molecular flexibility index (Phi) is 5.66. The van der Waals surface area contributed by atoms with Crippen LogP contribution in [0.15, 0.2) is 59.7 Å². The number of aryl methyl sites for hydroxylation is 2. The van der Waals surface area contributed by atoms with Crippen molar-refractivity contribution in [2.75, 3.05) is 7.11 Å². The smallest absolute Gasteiger partial charge is 0.271 e. The molecule has 0 spiro atoms. The Morgan fingerprint density at radius 3 is 2.59 bits per heavy atom. The minimum absolute atomic E-state index is 0.265. The summed E-state index contributed by atoms with van der Waals surface area (Å²) in [6.45, 7) is 4.68. The number of carbonyl (C=O) groups is 1. The van der Waals surface area contributed by atoms with Gasteiger partial charge in [0.15, 0.2) is 0 Å². The van der Waals surface area contributed by atoms with Gasteiger partial charge in [-0.05, 0) is 49.7 Å². The van der Waals surface area contributed by atoms with Crippen LogP contribution in [0, 0.1) is 13.8 Å². The van der Waals surface area contributed by atoms with E-state index in [4.69, 9.17) is 4.74 Å². The maximum absolute atomic E-state index is 12.2. The molecular formula is C21H22N4O2. The quantitative estimate of drug-likeness (QED) is 0.540. The van der Waals surface area contributed by atoms with E-state index in [1.165, 1.54) is 0 Å². The first-order chi connectivity index (χ1) is 13.1. The number of hydrazone groups is 1. The van der Waals surface area contributed by atoms with Crippen molar-refractivity contribution in [3.05, 3.63) is 82.7 Å². The van der Waals surface area contributed by atoms with Gasteiger partial charge in [-0.3, -0.25) is 9.48 Å². The van der Waals surface area contributed by atoms with Crippen LogP contribution in [0.3, 0.4) is 0 Å². The van der Waals surface area contributed by atoms with Crippen molar-refractivity contribution in [2.24, 2.45) is 5.10 Å². The zero-order valence-electron chi connectivity index (χ0n) is 15.6. The summed E-state index contributed by atoms with van der Waals surface area (Å²) in [7, 11) is 1.60. The van der Waals surface area contributed by atoms with Crippen LogP contribution >= 0.6 is 0 Å². The number of rotatable bonds is 6. The fourth-order valence-corrected chi connectivity index (χ4v) is 2.77. The van der Waals surface area contributed by atoms with E-state index in [0.29, 0.717) is 17.9 Å². The number of carbonyl (C=O) groups excluding carboxylic acids is 1. The van der Waals surface area contributed by atoms with Gasteiger partial charge in [0, 0.05) is 16.8 Å². The predicted octanol–water partition coefficient (Wildman–Crippen LogP) is 3.32. The van der Waals surface area contributed by atoms with E-state index in [1.807, 2.05) is 61.0 Å². The Morgan fingerprint density at radius 2 is 1.93 bits per heavy atom. The van der Waals surface area contributed by atoms with Gasteiger partial charge in [-0.25, -0.2) is 5.43 Å². The van der Waals surface area contributed by atoms with Crippen molar-refractivity contribution in [2.45, 2.75) is 20.4 Å². The van der Waals surface area contributed by atoms with Crippen LogP contribution in [-0.4, -0.2) is 29.0 Å². The minimum Gasteiger partial charge on any atom is -0.496 e. The molecule has 1 heterocycles. The molecule has 1 N–H and O–H groups in total. The molecule has 0 bridgehead atoms. The molecular weight excluding hydrogens is 340 g/mol. The van der Waals surface area contributed by atoms with Gasteiger partial charge < -0.3 is 4.74 Å². The topological polar surface area (TPSA) is 68.5 Å². The summed E-state index contributed by atoms with van der Waals surface area (Å²) in [6, 6.07) is 16.9. The van der Waals surface area contributed by atoms with E-state index in [-0.39, 0.29) is 5.91 Å². The Labute approximate surface area is 158 Å². The number of nitrogens with zero attached hydrogens (tertiary/aromatic N) is 3. The van der Waals surface area contributed by atoms with E-state index in [1.54, 1.807) is 25.5 Å². The van der Waals surface area contributed by atoms with Crippen molar-refractivity contribution in [1.29, 1.82) is 0 Å². The van der Waals surface area contributed by atoms with Gasteiger partial charge in [-0.2, -0.15) is 10.2 Å². The molecule has 6 nitrogen and oxygen atoms in total. The lowest BCUT2D eigenvalue weighted by Gasteiger charge is -2.06. The summed E-state index contributed by atoms with van der Waals surface area (Å²) in [5.41, 5.74) is 7.06. The van der Waals surface area contributed by atoms with Crippen LogP contribution in [0.4, 0.5) is 0 Å². The van der Waals surface area contributed by atoms with E-state index >= 15 is 0 Å². The summed E-state index contributed by atoms with van der Waals surface area (Å²) < 4.78 is 7.19. The maximum Gasteiger partial charge on any atom is 0.271 e. The van der Waals surface area contributed by atoms with E-state index in [2.05, 4.69) is 15.6 Å². The zero-order valence-corrected chi connectivity index (χ0v) is 15.6. The normalized spacial score (nSPS) is 10.9. The summed E-state index contributed by atoms with van der Waals surface area (Å²) >= 11 is 0. The van der Waals surface area contributed by atoms with Crippen LogP contribution in [0.5, 0.6) is 5.75 Å². The number of hydrogen-bond acceptors (Lipinski definition) is 4. The molecule has 0 aliphatic rings. The Balaban J connectivity index is 1.62. The van der Waals surface area contributed by atoms with Crippen molar-refractivity contribution >= 4 is 12.1 Å². The van der Waals surface area contributed by atoms with E-state index < -0.39 is 0 Å². The van der Waals surface area contributed by atoms with Gasteiger partial charge in [0.05, 0.1) is 25.6 Å². The second kappa shape index (κ2) is 8.31. The average molecular weight is 362 g/mol. The second-order valence-corrected chi connectivity index (χ2v) is 6.22. The highest BCUT2D eigenvalue weighted by atomic mass is 16.5. The molecule has 1 aromatic heterocycles. The van der Waals surface area contributed by atoms with Crippen molar-refractivity contribution < 1.29 is 9.53 Å². The van der Waals surface area contributed by atoms with Gasteiger partial charge in [0.2, 0.25) is 0 Å². The van der Waals surface area contributed by atoms with Crippen molar-refractivity contribution in [1.82, 2.24) is 15.2 Å². The number of ether oxygens (including phenoxy) is 1. The molecule has 6 heteroatoms. The molecule has 3 rings (SSSR count). The highest BCUT2D eigenvalue weighted by Crippen LogP contribution is 2.14. The molecule has 3 aromatic rings. The maximum atomic E-state index is 12.2. The number of amides is 1. The van der Waals surface area contributed by atoms with Crippen LogP contribution < -0.4 is 10.2 Å². The first kappa shape index (κ1) is 18.4. The summed E-state index contributed by atoms with van der Waals surface area (Å²) in [4.78, 5) is 12.2. The summed E-state index contributed by atoms with van der Waals surface area (Å²) in [5, 5.41) is 8.47. The standard InChI is InChI=1S/C21H22N4O2/c1-15-12-16(2)25(24-15)14-17-8-10-18(11-9-17)21(26)23-22-13-19-6-4-5-7-20(19)27-3/h4-13H,14H2,1-3H3,(H,23,26)/b22-13+. The third-order valence-corrected chi connectivity index (χ3v) is 4.16. The van der Waals surface area contributed by atoms with Gasteiger partial charge in [0.1, 0.15) is 5.75 Å². The zero-order chi connectivity index (χ0) is 19.2. The first-order valence-electron chi connectivity index (χ1n) is 8.63. The third-order valence-electron chi connectivity index (χ3n) is 4.16. The Hall–Kier alpha value is -3.41. The average Bonchev–Trinajstić information content (AvgIpc) is 2.99. The molecule has 0 fully saturated rings. The van der Waals surface area contributed by atoms with Crippen molar-refractivity contribution in [3.63, 3.8) is 0 Å². The SMILES string of the molecule is COc1ccccc1/C=N/NC(=O)c1ccc(Cn2nc(C)cc2C)cc1. The first-order valence-corrected chi connectivity index (χ1v) is 8.63. The molecule has 0 radical (unpaired) electrons. The van der Waals surface area contributed by atoms with Gasteiger partial charge >= 0.3 is 0 Å². The number of benzene rings is 2. The number of hydrogen-bond donors (Lipinski definition) is 1. The molecule has 0 unspecified atom stereocenters. The summed E-state index contributed by atoms with van der Waals surface area (Å²) in [6.07, 6.45) is 1.56. The number of methoxy groups -OCH3 is 1. The van der Waals surface area contributed by atoms with Gasteiger partial charge in [0.25, 0.3) is 5.91 Å². The van der Waals surface area contributed by atoms with Gasteiger partial charge in [-0.1, -0.05) is 24.3 Å². The molecule has 0 saturated heterocycles. The largest absolute Gasteiger partial charge is 0.496 e. The molecule has 0 aliphatic carbocycles. The molecule has 0 aliphatic heterocycles. The molecule has 27 heavy (non-hydrogen) atoms. The van der Waals surface area contributed by atoms with Crippen LogP contribution in [-0.2, 0) is 6.54 Å². The third kappa shape index (κ3) is 4.61. The van der Waals surface area contributed by atoms with Crippen LogP contribution in [0.25, 0.3) is 0 Å². The number of aromatic nitrogens is 2. The summed E-state index contributed by atoms with van der Waals surface area (Å²) in [5.74, 6) is 0.433. The van der Waals surface area contributed by atoms with Crippen LogP contribution in [0.2, 0.25) is 0 Å². The second-order valence-electron chi connectivity index (χ2n) is 6.22. The highest BCUT2D eigenvalue weighted by Gasteiger charge is 2.06. The number of nitrogens with one attached hydrogen (secondary N) is 1. The molecule has 0 atom stereocenters. The lowest BCUT2D eigenvalue weighted by molar-refractivity contribution is 0.0955. The predicted molar refractivity (Wildman–Crippen MR) is 105 cm³/mol. The van der Waals surface area contributed by atoms with Crippen LogP contribution in [0.1, 0.15) is 32.9 Å². The monoisotopic (exact) mass is 362 g/mol. The number of para-hydroxylation sites is 1. The van der Waals surface area contributed by atoms with Gasteiger partial charge in [-0.15, -0.1) is 0 Å². The molecule has 1 amide bonds. The lowest BCUT2D eigenvalue weighted by Crippen LogP contribution is -2.17. The van der Waals surface area contributed by atoms with Crippen molar-refractivity contribution in [3.8, 4) is 5.75 Å². The molecule has 2 aromatic carbocycles. The van der Waals surface area contributed by atoms with E-state index in [9.17, 15) is 4.79 Å². The Bertz CT molecular complexity index is 959. The molecule has 0 saturated carbocycles. The highest BCUT2D eigenvalue weighted by molar-refractivity contribution is 5.95. The fraction of sp³-hybridized carbons (Fsp3) is 0.190. The fourth-order valence-electron chi connectivity index (χ4n) is 2.77. The van der Waals surface area contributed by atoms with E-state index in [0.717, 1.165) is 22.5 Å².